The number of nitro benzene ring substituents is 1. The van der Waals surface area contributed by atoms with E-state index < -0.39 is 4.92 Å². The summed E-state index contributed by atoms with van der Waals surface area (Å²) in [7, 11) is 0. The summed E-state index contributed by atoms with van der Waals surface area (Å²) >= 11 is 0. The molecule has 1 aromatic carbocycles. The summed E-state index contributed by atoms with van der Waals surface area (Å²) in [6.07, 6.45) is 1.46. The second-order valence-electron chi connectivity index (χ2n) is 3.62. The van der Waals surface area contributed by atoms with Crippen molar-refractivity contribution in [1.82, 2.24) is 5.16 Å². The van der Waals surface area contributed by atoms with E-state index in [1.807, 2.05) is 6.92 Å². The van der Waals surface area contributed by atoms with Crippen molar-refractivity contribution in [3.05, 3.63) is 51.9 Å². The van der Waals surface area contributed by atoms with Gasteiger partial charge in [-0.3, -0.25) is 10.1 Å². The number of nitrogens with one attached hydrogen (secondary N) is 1. The molecule has 0 fully saturated rings. The minimum Gasteiger partial charge on any atom is -0.374 e. The predicted molar refractivity (Wildman–Crippen MR) is 61.7 cm³/mol. The van der Waals surface area contributed by atoms with E-state index in [1.165, 1.54) is 12.3 Å². The van der Waals surface area contributed by atoms with Crippen molar-refractivity contribution >= 4 is 11.4 Å². The van der Waals surface area contributed by atoms with E-state index in [-0.39, 0.29) is 5.69 Å². The summed E-state index contributed by atoms with van der Waals surface area (Å²) in [5, 5.41) is 17.5. The molecule has 88 valence electrons. The van der Waals surface area contributed by atoms with Crippen molar-refractivity contribution < 1.29 is 9.45 Å². The number of aryl methyl sites for hydroxylation is 1. The van der Waals surface area contributed by atoms with Crippen molar-refractivity contribution in [1.29, 1.82) is 0 Å². The van der Waals surface area contributed by atoms with Gasteiger partial charge in [0.1, 0.15) is 17.6 Å². The highest BCUT2D eigenvalue weighted by atomic mass is 16.6. The average Bonchev–Trinajstić information content (AvgIpc) is 2.78. The lowest BCUT2D eigenvalue weighted by Crippen LogP contribution is -2.03. The van der Waals surface area contributed by atoms with Gasteiger partial charge in [0.05, 0.1) is 11.5 Å². The van der Waals surface area contributed by atoms with E-state index >= 15 is 0 Å². The highest BCUT2D eigenvalue weighted by Crippen LogP contribution is 2.25. The lowest BCUT2D eigenvalue weighted by atomic mass is 10.2. The maximum atomic E-state index is 10.8. The van der Waals surface area contributed by atoms with Crippen molar-refractivity contribution in [3.8, 4) is 0 Å². The van der Waals surface area contributed by atoms with Crippen LogP contribution in [0.5, 0.6) is 0 Å². The predicted octanol–water partition coefficient (Wildman–Crippen LogP) is 2.50. The molecular weight excluding hydrogens is 222 g/mol. The molecule has 2 rings (SSSR count). The molecule has 6 heteroatoms. The van der Waals surface area contributed by atoms with Gasteiger partial charge in [0.15, 0.2) is 0 Å². The number of nitro groups is 1. The van der Waals surface area contributed by atoms with Gasteiger partial charge in [-0.15, -0.1) is 0 Å². The first-order valence-corrected chi connectivity index (χ1v) is 5.05. The van der Waals surface area contributed by atoms with Gasteiger partial charge in [0.2, 0.25) is 0 Å². The number of nitrogens with zero attached hydrogens (tertiary/aromatic N) is 2. The normalized spacial score (nSPS) is 10.2. The first kappa shape index (κ1) is 11.1. The van der Waals surface area contributed by atoms with Gasteiger partial charge >= 0.3 is 0 Å². The van der Waals surface area contributed by atoms with Crippen LogP contribution in [0.1, 0.15) is 11.3 Å². The molecule has 0 aliphatic heterocycles. The van der Waals surface area contributed by atoms with Crippen LogP contribution in [0.4, 0.5) is 11.4 Å². The Morgan fingerprint density at radius 1 is 1.47 bits per heavy atom. The summed E-state index contributed by atoms with van der Waals surface area (Å²) < 4.78 is 4.68. The third-order valence-electron chi connectivity index (χ3n) is 2.30. The van der Waals surface area contributed by atoms with Crippen LogP contribution in [0, 0.1) is 17.0 Å². The van der Waals surface area contributed by atoms with Crippen LogP contribution >= 0.6 is 0 Å². The zero-order valence-corrected chi connectivity index (χ0v) is 9.21. The van der Waals surface area contributed by atoms with Crippen molar-refractivity contribution in [2.45, 2.75) is 13.5 Å². The molecule has 1 N–H and O–H groups in total. The number of hydrogen-bond donors (Lipinski definition) is 1. The Labute approximate surface area is 97.4 Å². The second kappa shape index (κ2) is 4.65. The molecule has 0 amide bonds. The maximum Gasteiger partial charge on any atom is 0.292 e. The molecular formula is C11H11N3O3. The molecule has 6 nitrogen and oxygen atoms in total. The molecule has 0 saturated carbocycles. The zero-order chi connectivity index (χ0) is 12.3. The van der Waals surface area contributed by atoms with E-state index in [0.29, 0.717) is 17.9 Å². The molecule has 0 bridgehead atoms. The molecule has 1 aromatic heterocycles. The van der Waals surface area contributed by atoms with Crippen LogP contribution in [-0.2, 0) is 6.54 Å². The van der Waals surface area contributed by atoms with Crippen LogP contribution < -0.4 is 5.32 Å². The van der Waals surface area contributed by atoms with Gasteiger partial charge in [-0.1, -0.05) is 11.2 Å². The van der Waals surface area contributed by atoms with Gasteiger partial charge in [-0.05, 0) is 18.6 Å². The molecule has 0 atom stereocenters. The van der Waals surface area contributed by atoms with E-state index in [4.69, 9.17) is 0 Å². The highest BCUT2D eigenvalue weighted by molar-refractivity contribution is 5.62. The SMILES string of the molecule is Cc1ccc([N+](=O)[O-])c(NCc2ccon2)c1. The third kappa shape index (κ3) is 2.60. The fourth-order valence-corrected chi connectivity index (χ4v) is 1.47. The molecule has 0 unspecified atom stereocenters. The number of aromatic nitrogens is 1. The first-order chi connectivity index (χ1) is 8.16. The first-order valence-electron chi connectivity index (χ1n) is 5.05. The summed E-state index contributed by atoms with van der Waals surface area (Å²) in [6.45, 7) is 2.27. The van der Waals surface area contributed by atoms with Crippen molar-refractivity contribution in [3.63, 3.8) is 0 Å². The molecule has 0 aliphatic rings. The molecule has 0 radical (unpaired) electrons. The minimum atomic E-state index is -0.412. The smallest absolute Gasteiger partial charge is 0.292 e. The Morgan fingerprint density at radius 2 is 2.29 bits per heavy atom. The Kier molecular flexibility index (Phi) is 3.04. The van der Waals surface area contributed by atoms with Crippen LogP contribution in [0.25, 0.3) is 0 Å². The van der Waals surface area contributed by atoms with Crippen molar-refractivity contribution in [2.24, 2.45) is 0 Å². The van der Waals surface area contributed by atoms with Gasteiger partial charge in [-0.25, -0.2) is 0 Å². The summed E-state index contributed by atoms with van der Waals surface area (Å²) in [5.74, 6) is 0. The van der Waals surface area contributed by atoms with Gasteiger partial charge in [0.25, 0.3) is 5.69 Å². The van der Waals surface area contributed by atoms with Crippen molar-refractivity contribution in [2.75, 3.05) is 5.32 Å². The molecule has 0 spiro atoms. The van der Waals surface area contributed by atoms with Crippen LogP contribution in [0.3, 0.4) is 0 Å². The molecule has 2 aromatic rings. The maximum absolute atomic E-state index is 10.8. The topological polar surface area (TPSA) is 81.2 Å². The minimum absolute atomic E-state index is 0.0547. The van der Waals surface area contributed by atoms with E-state index in [2.05, 4.69) is 15.0 Å². The van der Waals surface area contributed by atoms with E-state index in [0.717, 1.165) is 5.56 Å². The molecule has 1 heterocycles. The van der Waals surface area contributed by atoms with Crippen LogP contribution in [-0.4, -0.2) is 10.1 Å². The van der Waals surface area contributed by atoms with Gasteiger partial charge in [0, 0.05) is 12.1 Å². The summed E-state index contributed by atoms with van der Waals surface area (Å²) in [6, 6.07) is 6.63. The van der Waals surface area contributed by atoms with E-state index in [9.17, 15) is 10.1 Å². The number of rotatable bonds is 4. The summed E-state index contributed by atoms with van der Waals surface area (Å²) in [5.41, 5.74) is 2.19. The molecule has 0 aliphatic carbocycles. The zero-order valence-electron chi connectivity index (χ0n) is 9.21. The Hall–Kier alpha value is -2.37. The fourth-order valence-electron chi connectivity index (χ4n) is 1.47. The average molecular weight is 233 g/mol. The summed E-state index contributed by atoms with van der Waals surface area (Å²) in [4.78, 5) is 10.4. The Bertz CT molecular complexity index is 523. The number of hydrogen-bond acceptors (Lipinski definition) is 5. The largest absolute Gasteiger partial charge is 0.374 e. The van der Waals surface area contributed by atoms with Gasteiger partial charge in [-0.2, -0.15) is 0 Å². The highest BCUT2D eigenvalue weighted by Gasteiger charge is 2.13. The Morgan fingerprint density at radius 3 is 2.94 bits per heavy atom. The monoisotopic (exact) mass is 233 g/mol. The lowest BCUT2D eigenvalue weighted by molar-refractivity contribution is -0.384. The number of anilines is 1. The molecule has 17 heavy (non-hydrogen) atoms. The lowest BCUT2D eigenvalue weighted by Gasteiger charge is -2.05. The van der Waals surface area contributed by atoms with E-state index in [1.54, 1.807) is 18.2 Å². The van der Waals surface area contributed by atoms with Crippen LogP contribution in [0.2, 0.25) is 0 Å². The second-order valence-corrected chi connectivity index (χ2v) is 3.62. The quantitative estimate of drug-likeness (QED) is 0.648. The van der Waals surface area contributed by atoms with Gasteiger partial charge < -0.3 is 9.84 Å². The van der Waals surface area contributed by atoms with Crippen LogP contribution in [0.15, 0.2) is 35.1 Å². The fraction of sp³-hybridized carbons (Fsp3) is 0.182. The molecule has 0 saturated heterocycles. The Balaban J connectivity index is 2.19. The third-order valence-corrected chi connectivity index (χ3v) is 2.30. The number of benzene rings is 1. The standard InChI is InChI=1S/C11H11N3O3/c1-8-2-3-11(14(15)16)10(6-8)12-7-9-4-5-17-13-9/h2-6,12H,7H2,1H3.